The predicted octanol–water partition coefficient (Wildman–Crippen LogP) is -1.39. The summed E-state index contributed by atoms with van der Waals surface area (Å²) in [5, 5.41) is 22.0. The number of aliphatic hydroxyl groups is 1. The lowest BCUT2D eigenvalue weighted by atomic mass is 10.3. The lowest BCUT2D eigenvalue weighted by Crippen LogP contribution is -2.33. The molecule has 0 saturated carbocycles. The molecule has 1 aromatic rings. The van der Waals surface area contributed by atoms with E-state index in [-0.39, 0.29) is 5.95 Å². The number of hydrogen-bond donors (Lipinski definition) is 5. The van der Waals surface area contributed by atoms with Crippen molar-refractivity contribution >= 4 is 23.4 Å². The number of anilines is 2. The Morgan fingerprint density at radius 3 is 2.76 bits per heavy atom. The van der Waals surface area contributed by atoms with Crippen LogP contribution in [-0.2, 0) is 4.79 Å². The maximum atomic E-state index is 11.2. The van der Waals surface area contributed by atoms with Crippen LogP contribution < -0.4 is 16.6 Å². The number of nitroso groups, excluding NO2 is 1. The summed E-state index contributed by atoms with van der Waals surface area (Å²) >= 11 is 0. The lowest BCUT2D eigenvalue weighted by molar-refractivity contribution is -0.138. The molecule has 0 radical (unpaired) electrons. The summed E-state index contributed by atoms with van der Waals surface area (Å²) in [5.74, 6) is -2.10. The van der Waals surface area contributed by atoms with Gasteiger partial charge in [-0.3, -0.25) is 9.78 Å². The van der Waals surface area contributed by atoms with Gasteiger partial charge in [-0.2, -0.15) is 4.98 Å². The first-order valence-corrected chi connectivity index (χ1v) is 4.33. The van der Waals surface area contributed by atoms with Gasteiger partial charge in [0.15, 0.2) is 5.82 Å². The molecule has 1 heterocycles. The molecule has 92 valence electrons. The standard InChI is InChI=1S/C7H9N5O5/c8-7-10-4(3(12-17)5(14)11-7)9-2(1-13)6(15)16/h2,13H,1H2,(H,15,16)(H4,8,9,10,11,14)/t2-/m0/s1. The molecule has 10 heteroatoms. The normalized spacial score (nSPS) is 11.8. The molecule has 0 aliphatic heterocycles. The van der Waals surface area contributed by atoms with Crippen molar-refractivity contribution in [1.82, 2.24) is 9.97 Å². The minimum absolute atomic E-state index is 0.313. The van der Waals surface area contributed by atoms with Crippen LogP contribution in [0, 0.1) is 4.91 Å². The minimum Gasteiger partial charge on any atom is -0.480 e. The zero-order valence-corrected chi connectivity index (χ0v) is 8.38. The largest absolute Gasteiger partial charge is 0.480 e. The fourth-order valence-electron chi connectivity index (χ4n) is 1.02. The van der Waals surface area contributed by atoms with Crippen LogP contribution in [0.25, 0.3) is 0 Å². The van der Waals surface area contributed by atoms with E-state index < -0.39 is 35.7 Å². The molecular formula is C7H9N5O5. The summed E-state index contributed by atoms with van der Waals surface area (Å²) in [5.41, 5.74) is 3.67. The number of aliphatic hydroxyl groups excluding tert-OH is 1. The molecule has 1 rings (SSSR count). The van der Waals surface area contributed by atoms with Crippen molar-refractivity contribution in [2.75, 3.05) is 17.7 Å². The smallest absolute Gasteiger partial charge is 0.328 e. The molecule has 0 amide bonds. The zero-order chi connectivity index (χ0) is 13.0. The van der Waals surface area contributed by atoms with E-state index in [1.165, 1.54) is 0 Å². The first-order valence-electron chi connectivity index (χ1n) is 4.33. The molecule has 0 aliphatic carbocycles. The van der Waals surface area contributed by atoms with Crippen LogP contribution in [0.1, 0.15) is 0 Å². The number of carbonyl (C=O) groups is 1. The molecule has 1 aromatic heterocycles. The number of nitrogens with one attached hydrogen (secondary N) is 2. The van der Waals surface area contributed by atoms with Crippen LogP contribution in [0.4, 0.5) is 17.5 Å². The summed E-state index contributed by atoms with van der Waals surface area (Å²) < 4.78 is 0. The topological polar surface area (TPSA) is 171 Å². The van der Waals surface area contributed by atoms with Crippen LogP contribution in [0.2, 0.25) is 0 Å². The fraction of sp³-hybridized carbons (Fsp3) is 0.286. The Balaban J connectivity index is 3.17. The number of nitrogen functional groups attached to an aromatic ring is 1. The Morgan fingerprint density at radius 2 is 2.29 bits per heavy atom. The number of rotatable bonds is 5. The molecule has 17 heavy (non-hydrogen) atoms. The summed E-state index contributed by atoms with van der Waals surface area (Å²) in [7, 11) is 0. The van der Waals surface area contributed by atoms with Crippen LogP contribution in [0.15, 0.2) is 9.97 Å². The van der Waals surface area contributed by atoms with Gasteiger partial charge in [0.05, 0.1) is 6.61 Å². The molecule has 0 bridgehead atoms. The molecule has 6 N–H and O–H groups in total. The second kappa shape index (κ2) is 5.03. The maximum Gasteiger partial charge on any atom is 0.328 e. The van der Waals surface area contributed by atoms with Gasteiger partial charge in [0.1, 0.15) is 6.04 Å². The Bertz CT molecular complexity index is 498. The number of aromatic nitrogens is 2. The van der Waals surface area contributed by atoms with Crippen molar-refractivity contribution < 1.29 is 15.0 Å². The van der Waals surface area contributed by atoms with E-state index in [1.54, 1.807) is 0 Å². The average molecular weight is 243 g/mol. The number of hydrogen-bond acceptors (Lipinski definition) is 8. The van der Waals surface area contributed by atoms with Gasteiger partial charge in [-0.05, 0) is 5.18 Å². The number of carboxylic acid groups (broad SMARTS) is 1. The third kappa shape index (κ3) is 2.75. The van der Waals surface area contributed by atoms with Crippen molar-refractivity contribution in [2.24, 2.45) is 5.18 Å². The molecule has 0 fully saturated rings. The van der Waals surface area contributed by atoms with Gasteiger partial charge in [-0.1, -0.05) is 0 Å². The van der Waals surface area contributed by atoms with Crippen LogP contribution in [0.5, 0.6) is 0 Å². The van der Waals surface area contributed by atoms with E-state index in [9.17, 15) is 14.5 Å². The van der Waals surface area contributed by atoms with Crippen molar-refractivity contribution in [3.05, 3.63) is 15.3 Å². The van der Waals surface area contributed by atoms with Crippen LogP contribution in [0.3, 0.4) is 0 Å². The highest BCUT2D eigenvalue weighted by atomic mass is 16.4. The molecular weight excluding hydrogens is 234 g/mol. The van der Waals surface area contributed by atoms with Gasteiger partial charge in [0.2, 0.25) is 11.6 Å². The highest BCUT2D eigenvalue weighted by molar-refractivity contribution is 5.78. The third-order valence-corrected chi connectivity index (χ3v) is 1.80. The lowest BCUT2D eigenvalue weighted by Gasteiger charge is -2.12. The molecule has 0 aliphatic rings. The van der Waals surface area contributed by atoms with Gasteiger partial charge in [0.25, 0.3) is 5.56 Å². The van der Waals surface area contributed by atoms with Crippen molar-refractivity contribution in [2.45, 2.75) is 6.04 Å². The highest BCUT2D eigenvalue weighted by Gasteiger charge is 2.20. The molecule has 1 atom stereocenters. The average Bonchev–Trinajstić information content (AvgIpc) is 2.24. The Labute approximate surface area is 93.5 Å². The Kier molecular flexibility index (Phi) is 3.72. The number of aliphatic carboxylic acids is 1. The fourth-order valence-corrected chi connectivity index (χ4v) is 1.02. The monoisotopic (exact) mass is 243 g/mol. The summed E-state index contributed by atoms with van der Waals surface area (Å²) in [6.45, 7) is -0.762. The molecule has 10 nitrogen and oxygen atoms in total. The van der Waals surface area contributed by atoms with Crippen LogP contribution >= 0.6 is 0 Å². The number of aromatic amines is 1. The molecule has 0 saturated heterocycles. The Hall–Kier alpha value is -2.49. The SMILES string of the molecule is Nc1nc(N[C@@H](CO)C(=O)O)c(N=O)c(=O)[nH]1. The van der Waals surface area contributed by atoms with Crippen LogP contribution in [-0.4, -0.2) is 38.8 Å². The first kappa shape index (κ1) is 12.6. The molecule has 0 unspecified atom stereocenters. The number of H-pyrrole nitrogens is 1. The predicted molar refractivity (Wildman–Crippen MR) is 56.9 cm³/mol. The second-order valence-electron chi connectivity index (χ2n) is 2.96. The third-order valence-electron chi connectivity index (χ3n) is 1.80. The van der Waals surface area contributed by atoms with Crippen molar-refractivity contribution in [1.29, 1.82) is 0 Å². The minimum atomic E-state index is -1.43. The quantitative estimate of drug-likeness (QED) is 0.393. The Morgan fingerprint density at radius 1 is 1.65 bits per heavy atom. The summed E-state index contributed by atoms with van der Waals surface area (Å²) in [6, 6.07) is -1.43. The second-order valence-corrected chi connectivity index (χ2v) is 2.96. The van der Waals surface area contributed by atoms with Gasteiger partial charge in [-0.25, -0.2) is 4.79 Å². The zero-order valence-electron chi connectivity index (χ0n) is 8.38. The maximum absolute atomic E-state index is 11.2. The molecule has 0 aromatic carbocycles. The number of nitrogens with two attached hydrogens (primary N) is 1. The van der Waals surface area contributed by atoms with Crippen molar-refractivity contribution in [3.8, 4) is 0 Å². The van der Waals surface area contributed by atoms with E-state index in [0.717, 1.165) is 0 Å². The van der Waals surface area contributed by atoms with Gasteiger partial charge >= 0.3 is 5.97 Å². The summed E-state index contributed by atoms with van der Waals surface area (Å²) in [6.07, 6.45) is 0. The van der Waals surface area contributed by atoms with E-state index in [4.69, 9.17) is 15.9 Å². The molecule has 0 spiro atoms. The first-order chi connectivity index (χ1) is 7.99. The van der Waals surface area contributed by atoms with Gasteiger partial charge < -0.3 is 21.3 Å². The van der Waals surface area contributed by atoms with Crippen molar-refractivity contribution in [3.63, 3.8) is 0 Å². The van der Waals surface area contributed by atoms with E-state index in [1.807, 2.05) is 4.98 Å². The number of nitrogens with zero attached hydrogens (tertiary/aromatic N) is 2. The highest BCUT2D eigenvalue weighted by Crippen LogP contribution is 2.18. The van der Waals surface area contributed by atoms with E-state index >= 15 is 0 Å². The number of carboxylic acids is 1. The van der Waals surface area contributed by atoms with Gasteiger partial charge in [-0.15, -0.1) is 4.91 Å². The van der Waals surface area contributed by atoms with Gasteiger partial charge in [0, 0.05) is 0 Å². The summed E-state index contributed by atoms with van der Waals surface area (Å²) in [4.78, 5) is 37.8. The van der Waals surface area contributed by atoms with E-state index in [0.29, 0.717) is 0 Å². The van der Waals surface area contributed by atoms with E-state index in [2.05, 4.69) is 15.5 Å².